The highest BCUT2D eigenvalue weighted by Crippen LogP contribution is 2.21. The molecule has 1 aliphatic heterocycles. The Morgan fingerprint density at radius 3 is 2.83 bits per heavy atom. The standard InChI is InChI=1S/C16H20BrN5O/c17-14-3-1-2-4-15(14)21-12-13(11-18)16(23)20-7-10-22-8-5-19-6-9-22/h1-4,12,19,21H,5-10H2,(H,20,23)/b13-12-. The lowest BCUT2D eigenvalue weighted by Gasteiger charge is -2.27. The third-order valence-corrected chi connectivity index (χ3v) is 4.23. The third-order valence-electron chi connectivity index (χ3n) is 3.53. The summed E-state index contributed by atoms with van der Waals surface area (Å²) >= 11 is 3.41. The Balaban J connectivity index is 1.82. The summed E-state index contributed by atoms with van der Waals surface area (Å²) in [6.07, 6.45) is 1.43. The van der Waals surface area contributed by atoms with Crippen molar-refractivity contribution < 1.29 is 4.79 Å². The number of halogens is 1. The molecule has 0 aromatic heterocycles. The molecule has 6 nitrogen and oxygen atoms in total. The average Bonchev–Trinajstić information content (AvgIpc) is 2.58. The van der Waals surface area contributed by atoms with E-state index >= 15 is 0 Å². The minimum Gasteiger partial charge on any atom is -0.359 e. The normalized spacial score (nSPS) is 15.7. The van der Waals surface area contributed by atoms with E-state index in [0.717, 1.165) is 42.9 Å². The minimum atomic E-state index is -0.359. The first-order chi connectivity index (χ1) is 11.2. The molecule has 0 radical (unpaired) electrons. The molecular formula is C16H20BrN5O. The monoisotopic (exact) mass is 377 g/mol. The van der Waals surface area contributed by atoms with Crippen LogP contribution in [0.5, 0.6) is 0 Å². The molecule has 7 heteroatoms. The van der Waals surface area contributed by atoms with Gasteiger partial charge < -0.3 is 16.0 Å². The fourth-order valence-corrected chi connectivity index (χ4v) is 2.63. The summed E-state index contributed by atoms with van der Waals surface area (Å²) in [4.78, 5) is 14.3. The Hall–Kier alpha value is -1.88. The van der Waals surface area contributed by atoms with E-state index in [1.807, 2.05) is 30.3 Å². The zero-order valence-electron chi connectivity index (χ0n) is 12.8. The Morgan fingerprint density at radius 2 is 2.13 bits per heavy atom. The molecule has 3 N–H and O–H groups in total. The van der Waals surface area contributed by atoms with Crippen LogP contribution < -0.4 is 16.0 Å². The van der Waals surface area contributed by atoms with Gasteiger partial charge in [-0.2, -0.15) is 5.26 Å². The molecule has 1 saturated heterocycles. The third kappa shape index (κ3) is 5.67. The van der Waals surface area contributed by atoms with E-state index in [1.54, 1.807) is 0 Å². The van der Waals surface area contributed by atoms with Crippen molar-refractivity contribution in [3.63, 3.8) is 0 Å². The van der Waals surface area contributed by atoms with E-state index in [-0.39, 0.29) is 11.5 Å². The first-order valence-corrected chi connectivity index (χ1v) is 8.32. The van der Waals surface area contributed by atoms with Gasteiger partial charge in [0.05, 0.1) is 5.69 Å². The topological polar surface area (TPSA) is 80.2 Å². The van der Waals surface area contributed by atoms with Crippen LogP contribution in [-0.4, -0.2) is 50.1 Å². The van der Waals surface area contributed by atoms with E-state index in [0.29, 0.717) is 6.54 Å². The molecule has 1 aromatic rings. The van der Waals surface area contributed by atoms with Crippen molar-refractivity contribution in [2.75, 3.05) is 44.6 Å². The number of hydrogen-bond donors (Lipinski definition) is 3. The van der Waals surface area contributed by atoms with Gasteiger partial charge in [0.1, 0.15) is 11.6 Å². The number of benzene rings is 1. The average molecular weight is 378 g/mol. The molecule has 1 amide bonds. The van der Waals surface area contributed by atoms with Gasteiger partial charge in [-0.3, -0.25) is 9.69 Å². The van der Waals surface area contributed by atoms with Gasteiger partial charge in [0.25, 0.3) is 5.91 Å². The number of carbonyl (C=O) groups is 1. The van der Waals surface area contributed by atoms with Gasteiger partial charge >= 0.3 is 0 Å². The number of anilines is 1. The number of rotatable bonds is 6. The highest BCUT2D eigenvalue weighted by Gasteiger charge is 2.11. The van der Waals surface area contributed by atoms with E-state index in [4.69, 9.17) is 5.26 Å². The number of nitrogens with one attached hydrogen (secondary N) is 3. The van der Waals surface area contributed by atoms with Crippen molar-refractivity contribution in [3.8, 4) is 6.07 Å². The molecule has 1 aromatic carbocycles. The minimum absolute atomic E-state index is 0.0565. The van der Waals surface area contributed by atoms with Crippen molar-refractivity contribution in [1.82, 2.24) is 15.5 Å². The molecule has 1 heterocycles. The van der Waals surface area contributed by atoms with Gasteiger partial charge in [0.15, 0.2) is 0 Å². The lowest BCUT2D eigenvalue weighted by atomic mass is 10.2. The van der Waals surface area contributed by atoms with Crippen LogP contribution >= 0.6 is 15.9 Å². The molecule has 0 saturated carbocycles. The van der Waals surface area contributed by atoms with Crippen LogP contribution in [0.15, 0.2) is 40.5 Å². The Kier molecular flexibility index (Phi) is 7.07. The maximum Gasteiger partial charge on any atom is 0.263 e. The molecule has 0 aliphatic carbocycles. The van der Waals surface area contributed by atoms with Crippen LogP contribution in [0.1, 0.15) is 0 Å². The number of carbonyl (C=O) groups excluding carboxylic acids is 1. The molecule has 23 heavy (non-hydrogen) atoms. The zero-order valence-corrected chi connectivity index (χ0v) is 14.4. The number of hydrogen-bond acceptors (Lipinski definition) is 5. The molecule has 0 unspecified atom stereocenters. The quantitative estimate of drug-likeness (QED) is 0.514. The van der Waals surface area contributed by atoms with E-state index in [1.165, 1.54) is 6.20 Å². The molecular weight excluding hydrogens is 358 g/mol. The largest absolute Gasteiger partial charge is 0.359 e. The molecule has 0 bridgehead atoms. The molecule has 122 valence electrons. The Bertz CT molecular complexity index is 605. The molecule has 1 fully saturated rings. The molecule has 1 aliphatic rings. The van der Waals surface area contributed by atoms with Gasteiger partial charge in [0, 0.05) is 49.9 Å². The van der Waals surface area contributed by atoms with Gasteiger partial charge in [-0.1, -0.05) is 12.1 Å². The summed E-state index contributed by atoms with van der Waals surface area (Å²) in [5.74, 6) is -0.359. The molecule has 0 spiro atoms. The summed E-state index contributed by atoms with van der Waals surface area (Å²) in [5.41, 5.74) is 0.856. The maximum absolute atomic E-state index is 12.0. The van der Waals surface area contributed by atoms with Crippen molar-refractivity contribution in [2.45, 2.75) is 0 Å². The number of piperazine rings is 1. The van der Waals surface area contributed by atoms with Crippen LogP contribution in [0.2, 0.25) is 0 Å². The highest BCUT2D eigenvalue weighted by molar-refractivity contribution is 9.10. The molecule has 0 atom stereocenters. The van der Waals surface area contributed by atoms with E-state index < -0.39 is 0 Å². The van der Waals surface area contributed by atoms with Gasteiger partial charge in [-0.15, -0.1) is 0 Å². The second-order valence-electron chi connectivity index (χ2n) is 5.14. The summed E-state index contributed by atoms with van der Waals surface area (Å²) in [7, 11) is 0. The lowest BCUT2D eigenvalue weighted by molar-refractivity contribution is -0.117. The Morgan fingerprint density at radius 1 is 1.39 bits per heavy atom. The van der Waals surface area contributed by atoms with Crippen LogP contribution in [0, 0.1) is 11.3 Å². The van der Waals surface area contributed by atoms with Crippen LogP contribution in [-0.2, 0) is 4.79 Å². The van der Waals surface area contributed by atoms with Gasteiger partial charge in [-0.25, -0.2) is 0 Å². The Labute approximate surface area is 144 Å². The van der Waals surface area contributed by atoms with Crippen LogP contribution in [0.25, 0.3) is 0 Å². The summed E-state index contributed by atoms with van der Waals surface area (Å²) in [5, 5.41) is 18.2. The second-order valence-corrected chi connectivity index (χ2v) is 6.00. The van der Waals surface area contributed by atoms with Crippen molar-refractivity contribution in [1.29, 1.82) is 5.26 Å². The second kappa shape index (κ2) is 9.30. The predicted octanol–water partition coefficient (Wildman–Crippen LogP) is 1.29. The smallest absolute Gasteiger partial charge is 0.263 e. The number of para-hydroxylation sites is 1. The fraction of sp³-hybridized carbons (Fsp3) is 0.375. The van der Waals surface area contributed by atoms with E-state index in [2.05, 4.69) is 36.8 Å². The highest BCUT2D eigenvalue weighted by atomic mass is 79.9. The van der Waals surface area contributed by atoms with E-state index in [9.17, 15) is 4.79 Å². The summed E-state index contributed by atoms with van der Waals surface area (Å²) in [6, 6.07) is 9.44. The number of nitrogens with zero attached hydrogens (tertiary/aromatic N) is 2. The van der Waals surface area contributed by atoms with Crippen LogP contribution in [0.3, 0.4) is 0 Å². The van der Waals surface area contributed by atoms with Crippen LogP contribution in [0.4, 0.5) is 5.69 Å². The van der Waals surface area contributed by atoms with Crippen molar-refractivity contribution in [3.05, 3.63) is 40.5 Å². The SMILES string of the molecule is N#C/C(=C/Nc1ccccc1Br)C(=O)NCCN1CCNCC1. The molecule has 2 rings (SSSR count). The first kappa shape index (κ1) is 17.5. The van der Waals surface area contributed by atoms with Gasteiger partial charge in [-0.05, 0) is 28.1 Å². The summed E-state index contributed by atoms with van der Waals surface area (Å²) < 4.78 is 0.868. The first-order valence-electron chi connectivity index (χ1n) is 7.53. The fourth-order valence-electron chi connectivity index (χ4n) is 2.23. The number of amides is 1. The van der Waals surface area contributed by atoms with Crippen molar-refractivity contribution in [2.24, 2.45) is 0 Å². The van der Waals surface area contributed by atoms with Crippen molar-refractivity contribution >= 4 is 27.5 Å². The van der Waals surface area contributed by atoms with Gasteiger partial charge in [0.2, 0.25) is 0 Å². The predicted molar refractivity (Wildman–Crippen MR) is 93.8 cm³/mol. The maximum atomic E-state index is 12.0. The lowest BCUT2D eigenvalue weighted by Crippen LogP contribution is -2.46. The summed E-state index contributed by atoms with van der Waals surface area (Å²) in [6.45, 7) is 5.26. The number of nitriles is 1. The zero-order chi connectivity index (χ0) is 16.5.